The number of sulfonamides is 2. The van der Waals surface area contributed by atoms with Crippen molar-refractivity contribution in [2.24, 2.45) is 11.7 Å². The van der Waals surface area contributed by atoms with Gasteiger partial charge in [0.25, 0.3) is 0 Å². The molecule has 6 rings (SSSR count). The number of phenols is 1. The molecule has 0 spiro atoms. The molecule has 0 aliphatic heterocycles. The standard InChI is InChI=1S/C45H44F3N3O6S2/c1-30(2)28-51(59(55,56)43-17-7-33(26-49)8-18-43)29-36-20-35(23-42(24-36)57-41-15-13-40(48)14-16-41)27-50-58(53,54)44-25-34(19-31-3-9-38(46)10-4-31)22-37(45(44)52)21-32-5-11-39(47)12-6-32/h3-18,20,22-25,30,50,52H,19,21,26-29,49H2,1-2H3. The van der Waals surface area contributed by atoms with Crippen LogP contribution in [-0.2, 0) is 52.5 Å². The van der Waals surface area contributed by atoms with E-state index >= 15 is 0 Å². The van der Waals surface area contributed by atoms with Gasteiger partial charge in [-0.05, 0) is 130 Å². The van der Waals surface area contributed by atoms with Crippen LogP contribution in [0.2, 0.25) is 0 Å². The van der Waals surface area contributed by atoms with E-state index < -0.39 is 48.1 Å². The number of halogens is 3. The Balaban J connectivity index is 1.34. The molecule has 0 atom stereocenters. The van der Waals surface area contributed by atoms with Crippen molar-refractivity contribution in [1.82, 2.24) is 9.03 Å². The second kappa shape index (κ2) is 18.6. The van der Waals surface area contributed by atoms with Gasteiger partial charge in [0.2, 0.25) is 20.0 Å². The van der Waals surface area contributed by atoms with E-state index in [1.807, 2.05) is 13.8 Å². The van der Waals surface area contributed by atoms with Crippen molar-refractivity contribution in [1.29, 1.82) is 0 Å². The number of nitrogens with one attached hydrogen (secondary N) is 1. The monoisotopic (exact) mass is 843 g/mol. The summed E-state index contributed by atoms with van der Waals surface area (Å²) >= 11 is 0. The third kappa shape index (κ3) is 11.4. The van der Waals surface area contributed by atoms with Gasteiger partial charge in [-0.15, -0.1) is 0 Å². The quantitative estimate of drug-likeness (QED) is 0.0837. The lowest BCUT2D eigenvalue weighted by atomic mass is 9.98. The molecule has 0 unspecified atom stereocenters. The SMILES string of the molecule is CC(C)CN(Cc1cc(CNS(=O)(=O)c2cc(Cc3ccc(F)cc3)cc(Cc3ccc(F)cc3)c2O)cc(Oc2ccc(F)cc2)c1)S(=O)(=O)c1ccc(CN)cc1. The maximum Gasteiger partial charge on any atom is 0.244 e. The highest BCUT2D eigenvalue weighted by Gasteiger charge is 2.27. The number of aromatic hydroxyl groups is 1. The number of rotatable bonds is 17. The van der Waals surface area contributed by atoms with Crippen molar-refractivity contribution in [3.8, 4) is 17.2 Å². The highest BCUT2D eigenvalue weighted by molar-refractivity contribution is 7.89. The second-order valence-corrected chi connectivity index (χ2v) is 18.3. The topological polar surface area (TPSA) is 139 Å². The molecule has 14 heteroatoms. The summed E-state index contributed by atoms with van der Waals surface area (Å²) in [7, 11) is -8.45. The predicted molar refractivity (Wildman–Crippen MR) is 220 cm³/mol. The molecule has 0 aliphatic carbocycles. The minimum atomic E-state index is -4.44. The maximum atomic E-state index is 14.1. The van der Waals surface area contributed by atoms with Crippen molar-refractivity contribution in [2.45, 2.75) is 56.1 Å². The molecule has 4 N–H and O–H groups in total. The van der Waals surface area contributed by atoms with Gasteiger partial charge in [0.05, 0.1) is 4.90 Å². The lowest BCUT2D eigenvalue weighted by Gasteiger charge is -2.25. The van der Waals surface area contributed by atoms with Gasteiger partial charge >= 0.3 is 0 Å². The molecule has 9 nitrogen and oxygen atoms in total. The zero-order chi connectivity index (χ0) is 42.3. The Labute approximate surface area is 343 Å². The molecule has 308 valence electrons. The maximum absolute atomic E-state index is 14.1. The van der Waals surface area contributed by atoms with Gasteiger partial charge < -0.3 is 15.6 Å². The second-order valence-electron chi connectivity index (χ2n) is 14.6. The molecule has 0 radical (unpaired) electrons. The summed E-state index contributed by atoms with van der Waals surface area (Å²) in [5, 5.41) is 11.4. The van der Waals surface area contributed by atoms with Crippen molar-refractivity contribution in [3.63, 3.8) is 0 Å². The minimum Gasteiger partial charge on any atom is -0.506 e. The molecule has 0 saturated carbocycles. The first-order valence-corrected chi connectivity index (χ1v) is 21.7. The van der Waals surface area contributed by atoms with E-state index in [-0.39, 0.29) is 61.1 Å². The third-order valence-corrected chi connectivity index (χ3v) is 12.6. The van der Waals surface area contributed by atoms with Gasteiger partial charge in [0, 0.05) is 32.6 Å². The number of phenolic OH excluding ortho intramolecular Hbond substituents is 1. The molecule has 0 aliphatic rings. The summed E-state index contributed by atoms with van der Waals surface area (Å²) < 4.78 is 107. The Bertz CT molecular complexity index is 2610. The average molecular weight is 844 g/mol. The van der Waals surface area contributed by atoms with Gasteiger partial charge in [0.1, 0.15) is 39.6 Å². The van der Waals surface area contributed by atoms with Crippen LogP contribution in [0, 0.1) is 23.4 Å². The van der Waals surface area contributed by atoms with Gasteiger partial charge in [-0.3, -0.25) is 0 Å². The van der Waals surface area contributed by atoms with Gasteiger partial charge in [-0.25, -0.2) is 34.7 Å². The molecule has 59 heavy (non-hydrogen) atoms. The molecular formula is C45H44F3N3O6S2. The smallest absolute Gasteiger partial charge is 0.244 e. The molecule has 0 bridgehead atoms. The number of ether oxygens (including phenoxy) is 1. The summed E-state index contributed by atoms with van der Waals surface area (Å²) in [4.78, 5) is -0.315. The normalized spacial score (nSPS) is 12.0. The third-order valence-electron chi connectivity index (χ3n) is 9.40. The summed E-state index contributed by atoms with van der Waals surface area (Å²) in [6, 6.07) is 30.9. The summed E-state index contributed by atoms with van der Waals surface area (Å²) in [6.45, 7) is 3.80. The molecule has 0 amide bonds. The Morgan fingerprint density at radius 2 is 1.19 bits per heavy atom. The van der Waals surface area contributed by atoms with Crippen LogP contribution >= 0.6 is 0 Å². The van der Waals surface area contributed by atoms with E-state index in [1.165, 1.54) is 83.2 Å². The first-order chi connectivity index (χ1) is 28.1. The van der Waals surface area contributed by atoms with Crippen LogP contribution in [0.1, 0.15) is 52.8 Å². The number of hydrogen-bond donors (Lipinski definition) is 3. The van der Waals surface area contributed by atoms with E-state index in [0.717, 1.165) is 5.56 Å². The molecule has 0 fully saturated rings. The van der Waals surface area contributed by atoms with Crippen LogP contribution < -0.4 is 15.2 Å². The highest BCUT2D eigenvalue weighted by atomic mass is 32.2. The van der Waals surface area contributed by atoms with E-state index in [9.17, 15) is 35.1 Å². The first-order valence-electron chi connectivity index (χ1n) is 18.8. The molecule has 0 heterocycles. The van der Waals surface area contributed by atoms with Crippen LogP contribution in [0.3, 0.4) is 0 Å². The fourth-order valence-corrected chi connectivity index (χ4v) is 9.31. The Morgan fingerprint density at radius 3 is 1.76 bits per heavy atom. The predicted octanol–water partition coefficient (Wildman–Crippen LogP) is 8.57. The zero-order valence-corrected chi connectivity index (χ0v) is 34.0. The van der Waals surface area contributed by atoms with Crippen LogP contribution in [0.15, 0.2) is 137 Å². The van der Waals surface area contributed by atoms with Gasteiger partial charge in [0.15, 0.2) is 0 Å². The minimum absolute atomic E-state index is 0.0579. The van der Waals surface area contributed by atoms with Gasteiger partial charge in [-0.2, -0.15) is 4.31 Å². The van der Waals surface area contributed by atoms with Crippen molar-refractivity contribution >= 4 is 20.0 Å². The van der Waals surface area contributed by atoms with E-state index in [2.05, 4.69) is 4.72 Å². The Hall–Kier alpha value is -5.51. The van der Waals surface area contributed by atoms with Crippen LogP contribution in [-0.4, -0.2) is 32.8 Å². The Morgan fingerprint density at radius 1 is 0.644 bits per heavy atom. The zero-order valence-electron chi connectivity index (χ0n) is 32.4. The van der Waals surface area contributed by atoms with Crippen molar-refractivity contribution in [3.05, 3.63) is 184 Å². The van der Waals surface area contributed by atoms with Crippen LogP contribution in [0.4, 0.5) is 13.2 Å². The summed E-state index contributed by atoms with van der Waals surface area (Å²) in [5.74, 6) is -1.36. The highest BCUT2D eigenvalue weighted by Crippen LogP contribution is 2.33. The number of hydrogen-bond acceptors (Lipinski definition) is 7. The van der Waals surface area contributed by atoms with Crippen molar-refractivity contribution in [2.75, 3.05) is 6.54 Å². The van der Waals surface area contributed by atoms with Crippen molar-refractivity contribution < 1.29 is 39.9 Å². The fraction of sp³-hybridized carbons (Fsp3) is 0.200. The van der Waals surface area contributed by atoms with Gasteiger partial charge in [-0.1, -0.05) is 62.4 Å². The fourth-order valence-electron chi connectivity index (χ4n) is 6.51. The summed E-state index contributed by atoms with van der Waals surface area (Å²) in [6.07, 6.45) is 0.309. The number of nitrogens with two attached hydrogens (primary N) is 1. The lowest BCUT2D eigenvalue weighted by Crippen LogP contribution is -2.34. The van der Waals surface area contributed by atoms with E-state index in [1.54, 1.807) is 48.5 Å². The van der Waals surface area contributed by atoms with Crippen LogP contribution in [0.25, 0.3) is 0 Å². The lowest BCUT2D eigenvalue weighted by molar-refractivity contribution is 0.361. The molecule has 0 aromatic heterocycles. The molecule has 6 aromatic carbocycles. The van der Waals surface area contributed by atoms with E-state index in [4.69, 9.17) is 10.5 Å². The summed E-state index contributed by atoms with van der Waals surface area (Å²) in [5.41, 5.74) is 9.50. The van der Waals surface area contributed by atoms with E-state index in [0.29, 0.717) is 33.6 Å². The molecular weight excluding hydrogens is 800 g/mol. The average Bonchev–Trinajstić information content (AvgIpc) is 3.20. The number of benzene rings is 6. The Kier molecular flexibility index (Phi) is 13.6. The van der Waals surface area contributed by atoms with Crippen LogP contribution in [0.5, 0.6) is 17.2 Å². The number of nitrogens with zero attached hydrogens (tertiary/aromatic N) is 1. The molecule has 6 aromatic rings. The largest absolute Gasteiger partial charge is 0.506 e. The first kappa shape index (κ1) is 43.1. The molecule has 0 saturated heterocycles.